The lowest BCUT2D eigenvalue weighted by Crippen LogP contribution is -2.31. The van der Waals surface area contributed by atoms with E-state index in [1.165, 1.54) is 0 Å². The van der Waals surface area contributed by atoms with Crippen molar-refractivity contribution in [2.24, 2.45) is 7.05 Å². The molecule has 0 aliphatic heterocycles. The van der Waals surface area contributed by atoms with Crippen LogP contribution in [0.1, 0.15) is 11.3 Å². The van der Waals surface area contributed by atoms with Gasteiger partial charge in [0.05, 0.1) is 15.7 Å². The molecule has 2 aromatic rings. The molecule has 0 aliphatic carbocycles. The normalized spacial score (nSPS) is 10.5. The molecular formula is C14H16Cl2N4O. The van der Waals surface area contributed by atoms with Crippen LogP contribution in [0.2, 0.25) is 10.0 Å². The molecule has 0 bridgehead atoms. The number of hydrogen-bond donors (Lipinski definition) is 1. The highest BCUT2D eigenvalue weighted by Gasteiger charge is 2.12. The number of aryl methyl sites for hydroxylation is 2. The summed E-state index contributed by atoms with van der Waals surface area (Å²) in [7, 11) is 3.49. The fourth-order valence-corrected chi connectivity index (χ4v) is 2.24. The Morgan fingerprint density at radius 1 is 1.33 bits per heavy atom. The Morgan fingerprint density at radius 3 is 2.62 bits per heavy atom. The van der Waals surface area contributed by atoms with Crippen molar-refractivity contribution in [3.8, 4) is 0 Å². The zero-order valence-corrected chi connectivity index (χ0v) is 13.5. The molecule has 0 aliphatic rings. The number of halogens is 2. The summed E-state index contributed by atoms with van der Waals surface area (Å²) in [5.41, 5.74) is 1.75. The molecule has 0 radical (unpaired) electrons. The summed E-state index contributed by atoms with van der Waals surface area (Å²) < 4.78 is 1.63. The summed E-state index contributed by atoms with van der Waals surface area (Å²) in [6.45, 7) is 2.30. The van der Waals surface area contributed by atoms with Gasteiger partial charge in [-0.05, 0) is 24.6 Å². The van der Waals surface area contributed by atoms with E-state index in [1.54, 1.807) is 35.8 Å². The highest BCUT2D eigenvalue weighted by Crippen LogP contribution is 2.23. The highest BCUT2D eigenvalue weighted by molar-refractivity contribution is 6.42. The summed E-state index contributed by atoms with van der Waals surface area (Å²) in [5, 5.41) is 7.96. The van der Waals surface area contributed by atoms with Crippen molar-refractivity contribution in [2.75, 3.05) is 12.4 Å². The van der Waals surface area contributed by atoms with Crippen LogP contribution in [0.15, 0.2) is 24.3 Å². The quantitative estimate of drug-likeness (QED) is 0.934. The number of aromatic nitrogens is 2. The molecule has 0 saturated heterocycles. The van der Waals surface area contributed by atoms with E-state index >= 15 is 0 Å². The Morgan fingerprint density at radius 2 is 2.05 bits per heavy atom. The molecule has 0 spiro atoms. The van der Waals surface area contributed by atoms with Crippen molar-refractivity contribution >= 4 is 35.1 Å². The van der Waals surface area contributed by atoms with Gasteiger partial charge in [-0.15, -0.1) is 0 Å². The smallest absolute Gasteiger partial charge is 0.323 e. The topological polar surface area (TPSA) is 50.2 Å². The van der Waals surface area contributed by atoms with Gasteiger partial charge in [-0.25, -0.2) is 4.79 Å². The summed E-state index contributed by atoms with van der Waals surface area (Å²) in [6, 6.07) is 6.90. The van der Waals surface area contributed by atoms with Gasteiger partial charge in [0.2, 0.25) is 0 Å². The van der Waals surface area contributed by atoms with Crippen LogP contribution in [-0.4, -0.2) is 27.8 Å². The minimum Gasteiger partial charge on any atom is -0.323 e. The second-order valence-corrected chi connectivity index (χ2v) is 5.64. The first kappa shape index (κ1) is 15.7. The maximum absolute atomic E-state index is 12.1. The lowest BCUT2D eigenvalue weighted by atomic mass is 10.2. The zero-order chi connectivity index (χ0) is 15.6. The Hall–Kier alpha value is -1.72. The van der Waals surface area contributed by atoms with Crippen molar-refractivity contribution in [3.05, 3.63) is 45.6 Å². The van der Waals surface area contributed by atoms with Gasteiger partial charge in [-0.2, -0.15) is 5.10 Å². The van der Waals surface area contributed by atoms with Crippen LogP contribution in [0.5, 0.6) is 0 Å². The van der Waals surface area contributed by atoms with E-state index in [-0.39, 0.29) is 6.03 Å². The van der Waals surface area contributed by atoms with Crippen LogP contribution in [0.25, 0.3) is 0 Å². The molecule has 5 nitrogen and oxygen atoms in total. The number of carbonyl (C=O) groups excluding carboxylic acids is 1. The molecule has 0 atom stereocenters. The molecule has 112 valence electrons. The van der Waals surface area contributed by atoms with Crippen molar-refractivity contribution < 1.29 is 4.79 Å². The average Bonchev–Trinajstić information content (AvgIpc) is 2.72. The largest absolute Gasteiger partial charge is 0.323 e. The first-order valence-electron chi connectivity index (χ1n) is 6.33. The van der Waals surface area contributed by atoms with Crippen molar-refractivity contribution in [2.45, 2.75) is 13.5 Å². The number of hydrogen-bond acceptors (Lipinski definition) is 2. The molecule has 1 aromatic carbocycles. The molecule has 0 saturated carbocycles. The number of carbonyl (C=O) groups is 1. The third kappa shape index (κ3) is 3.89. The fraction of sp³-hybridized carbons (Fsp3) is 0.286. The van der Waals surface area contributed by atoms with Crippen LogP contribution >= 0.6 is 23.2 Å². The highest BCUT2D eigenvalue weighted by atomic mass is 35.5. The molecule has 21 heavy (non-hydrogen) atoms. The number of benzene rings is 1. The van der Waals surface area contributed by atoms with E-state index in [1.807, 2.05) is 19.1 Å². The summed E-state index contributed by atoms with van der Waals surface area (Å²) in [5.74, 6) is 0.651. The monoisotopic (exact) mass is 326 g/mol. The first-order chi connectivity index (χ1) is 9.86. The molecule has 0 fully saturated rings. The molecule has 1 heterocycles. The number of nitrogens with one attached hydrogen (secondary N) is 1. The Bertz CT molecular complexity index is 669. The summed E-state index contributed by atoms with van der Waals surface area (Å²) in [6.07, 6.45) is 0. The van der Waals surface area contributed by atoms with Gasteiger partial charge in [-0.3, -0.25) is 10.00 Å². The van der Waals surface area contributed by atoms with Gasteiger partial charge in [0.15, 0.2) is 0 Å². The maximum Gasteiger partial charge on any atom is 0.323 e. The third-order valence-corrected chi connectivity index (χ3v) is 3.73. The Kier molecular flexibility index (Phi) is 4.75. The molecule has 1 N–H and O–H groups in total. The predicted octanol–water partition coefficient (Wildman–Crippen LogP) is 3.70. The second-order valence-electron chi connectivity index (χ2n) is 4.83. The molecule has 2 amide bonds. The number of amides is 2. The number of nitrogens with zero attached hydrogens (tertiary/aromatic N) is 3. The lowest BCUT2D eigenvalue weighted by molar-refractivity contribution is 0.220. The summed E-state index contributed by atoms with van der Waals surface area (Å²) in [4.78, 5) is 13.7. The fourth-order valence-electron chi connectivity index (χ4n) is 1.92. The third-order valence-electron chi connectivity index (χ3n) is 2.99. The Labute approximate surface area is 133 Å². The van der Waals surface area contributed by atoms with Crippen LogP contribution in [0.3, 0.4) is 0 Å². The SMILES string of the molecule is Cc1cc(NC(=O)N(C)Cc2ccc(Cl)c(Cl)c2)n(C)n1. The first-order valence-corrected chi connectivity index (χ1v) is 7.09. The second kappa shape index (κ2) is 6.37. The van der Waals surface area contributed by atoms with Gasteiger partial charge in [-0.1, -0.05) is 29.3 Å². The zero-order valence-electron chi connectivity index (χ0n) is 12.0. The number of rotatable bonds is 3. The van der Waals surface area contributed by atoms with Crippen LogP contribution < -0.4 is 5.32 Å². The van der Waals surface area contributed by atoms with Gasteiger partial charge in [0.25, 0.3) is 0 Å². The number of urea groups is 1. The molecule has 2 rings (SSSR count). The predicted molar refractivity (Wildman–Crippen MR) is 84.9 cm³/mol. The van der Waals surface area contributed by atoms with E-state index in [9.17, 15) is 4.79 Å². The van der Waals surface area contributed by atoms with Crippen molar-refractivity contribution in [3.63, 3.8) is 0 Å². The van der Waals surface area contributed by atoms with Gasteiger partial charge < -0.3 is 4.90 Å². The maximum atomic E-state index is 12.1. The van der Waals surface area contributed by atoms with Crippen molar-refractivity contribution in [1.29, 1.82) is 0 Å². The van der Waals surface area contributed by atoms with E-state index in [2.05, 4.69) is 10.4 Å². The van der Waals surface area contributed by atoms with Crippen LogP contribution in [-0.2, 0) is 13.6 Å². The van der Waals surface area contributed by atoms with Gasteiger partial charge in [0.1, 0.15) is 5.82 Å². The van der Waals surface area contributed by atoms with E-state index in [0.717, 1.165) is 11.3 Å². The van der Waals surface area contributed by atoms with Crippen LogP contribution in [0, 0.1) is 6.92 Å². The molecule has 7 heteroatoms. The van der Waals surface area contributed by atoms with E-state index < -0.39 is 0 Å². The summed E-state index contributed by atoms with van der Waals surface area (Å²) >= 11 is 11.8. The van der Waals surface area contributed by atoms with Crippen molar-refractivity contribution in [1.82, 2.24) is 14.7 Å². The Balaban J connectivity index is 2.02. The minimum absolute atomic E-state index is 0.218. The van der Waals surface area contributed by atoms with Gasteiger partial charge in [0, 0.05) is 26.7 Å². The molecule has 0 unspecified atom stereocenters. The van der Waals surface area contributed by atoms with Crippen LogP contribution in [0.4, 0.5) is 10.6 Å². The molecule has 1 aromatic heterocycles. The number of anilines is 1. The van der Waals surface area contributed by atoms with E-state index in [4.69, 9.17) is 23.2 Å². The lowest BCUT2D eigenvalue weighted by Gasteiger charge is -2.18. The van der Waals surface area contributed by atoms with Gasteiger partial charge >= 0.3 is 6.03 Å². The average molecular weight is 327 g/mol. The van der Waals surface area contributed by atoms with E-state index in [0.29, 0.717) is 22.4 Å². The molecular weight excluding hydrogens is 311 g/mol. The minimum atomic E-state index is -0.218. The standard InChI is InChI=1S/C14H16Cl2N4O/c1-9-6-13(20(3)18-9)17-14(21)19(2)8-10-4-5-11(15)12(16)7-10/h4-7H,8H2,1-3H3,(H,17,21).